The van der Waals surface area contributed by atoms with Gasteiger partial charge in [-0.3, -0.25) is 9.59 Å². The summed E-state index contributed by atoms with van der Waals surface area (Å²) in [5.74, 6) is 0.457. The number of nitrogens with zero attached hydrogens (tertiary/aromatic N) is 1. The predicted octanol–water partition coefficient (Wildman–Crippen LogP) is 4.29. The quantitative estimate of drug-likeness (QED) is 0.873. The van der Waals surface area contributed by atoms with Crippen LogP contribution in [-0.2, 0) is 4.79 Å². The second-order valence-electron chi connectivity index (χ2n) is 8.20. The molecule has 2 amide bonds. The maximum Gasteiger partial charge on any atom is 0.290 e. The molecule has 0 spiro atoms. The average Bonchev–Trinajstić information content (AvgIpc) is 2.85. The molecule has 0 saturated carbocycles. The van der Waals surface area contributed by atoms with Gasteiger partial charge in [0, 0.05) is 24.0 Å². The van der Waals surface area contributed by atoms with Crippen molar-refractivity contribution in [3.05, 3.63) is 35.6 Å². The number of carbonyl (C=O) groups excluding carboxylic acids is 2. The molecule has 5 heteroatoms. The number of fused-ring (bicyclic) bond motifs is 1. The van der Waals surface area contributed by atoms with Gasteiger partial charge in [-0.05, 0) is 38.7 Å². The molecule has 2 heterocycles. The van der Waals surface area contributed by atoms with E-state index in [4.69, 9.17) is 4.42 Å². The zero-order valence-corrected chi connectivity index (χ0v) is 16.8. The number of furan rings is 1. The van der Waals surface area contributed by atoms with Crippen molar-refractivity contribution in [1.29, 1.82) is 0 Å². The Labute approximate surface area is 161 Å². The summed E-state index contributed by atoms with van der Waals surface area (Å²) < 4.78 is 5.90. The first-order valence-electron chi connectivity index (χ1n) is 9.93. The molecule has 1 aromatic heterocycles. The molecule has 146 valence electrons. The Morgan fingerprint density at radius 2 is 1.96 bits per heavy atom. The number of hydrogen-bond acceptors (Lipinski definition) is 3. The van der Waals surface area contributed by atoms with Crippen LogP contribution in [-0.4, -0.2) is 35.3 Å². The minimum Gasteiger partial charge on any atom is -0.451 e. The van der Waals surface area contributed by atoms with Gasteiger partial charge < -0.3 is 14.6 Å². The molecule has 5 nitrogen and oxygen atoms in total. The largest absolute Gasteiger partial charge is 0.451 e. The normalized spacial score (nSPS) is 20.7. The van der Waals surface area contributed by atoms with Crippen molar-refractivity contribution in [2.24, 2.45) is 5.92 Å². The van der Waals surface area contributed by atoms with E-state index in [2.05, 4.69) is 19.2 Å². The van der Waals surface area contributed by atoms with Gasteiger partial charge in [-0.1, -0.05) is 44.9 Å². The monoisotopic (exact) mass is 370 g/mol. The fraction of sp³-hybridized carbons (Fsp3) is 0.545. The number of carbonyl (C=O) groups is 2. The van der Waals surface area contributed by atoms with Crippen LogP contribution in [0, 0.1) is 12.8 Å². The number of rotatable bonds is 4. The highest BCUT2D eigenvalue weighted by atomic mass is 16.3. The molecule has 1 saturated heterocycles. The van der Waals surface area contributed by atoms with Crippen LogP contribution in [0.25, 0.3) is 11.0 Å². The summed E-state index contributed by atoms with van der Waals surface area (Å²) in [4.78, 5) is 28.2. The molecular weight excluding hydrogens is 340 g/mol. The molecule has 1 aliphatic rings. The Morgan fingerprint density at radius 3 is 2.67 bits per heavy atom. The van der Waals surface area contributed by atoms with Gasteiger partial charge in [0.25, 0.3) is 5.91 Å². The van der Waals surface area contributed by atoms with E-state index >= 15 is 0 Å². The van der Waals surface area contributed by atoms with Crippen LogP contribution >= 0.6 is 0 Å². The molecule has 1 N–H and O–H groups in total. The lowest BCUT2D eigenvalue weighted by Crippen LogP contribution is -2.59. The van der Waals surface area contributed by atoms with Crippen molar-refractivity contribution < 1.29 is 14.0 Å². The van der Waals surface area contributed by atoms with E-state index in [1.165, 1.54) is 0 Å². The summed E-state index contributed by atoms with van der Waals surface area (Å²) in [5, 5.41) is 3.98. The minimum atomic E-state index is -0.853. The summed E-state index contributed by atoms with van der Waals surface area (Å²) in [5.41, 5.74) is 0.692. The van der Waals surface area contributed by atoms with Crippen LogP contribution in [0.1, 0.15) is 62.6 Å². The van der Waals surface area contributed by atoms with Gasteiger partial charge in [0.05, 0.1) is 0 Å². The van der Waals surface area contributed by atoms with Crippen molar-refractivity contribution in [3.8, 4) is 0 Å². The molecule has 3 rings (SSSR count). The van der Waals surface area contributed by atoms with Crippen LogP contribution in [0.2, 0.25) is 0 Å². The van der Waals surface area contributed by atoms with E-state index in [0.29, 0.717) is 36.8 Å². The van der Waals surface area contributed by atoms with Crippen molar-refractivity contribution >= 4 is 22.8 Å². The predicted molar refractivity (Wildman–Crippen MR) is 107 cm³/mol. The Balaban J connectivity index is 1.95. The van der Waals surface area contributed by atoms with E-state index in [9.17, 15) is 9.59 Å². The molecule has 1 unspecified atom stereocenters. The van der Waals surface area contributed by atoms with E-state index in [0.717, 1.165) is 30.2 Å². The van der Waals surface area contributed by atoms with Crippen molar-refractivity contribution in [2.45, 2.75) is 58.9 Å². The first-order valence-corrected chi connectivity index (χ1v) is 9.93. The number of para-hydroxylation sites is 1. The van der Waals surface area contributed by atoms with Crippen molar-refractivity contribution in [2.75, 3.05) is 13.1 Å². The minimum absolute atomic E-state index is 0.0692. The number of hydrogen-bond donors (Lipinski definition) is 1. The van der Waals surface area contributed by atoms with Gasteiger partial charge in [0.15, 0.2) is 5.76 Å². The van der Waals surface area contributed by atoms with E-state index in [-0.39, 0.29) is 11.8 Å². The average molecular weight is 370 g/mol. The Morgan fingerprint density at radius 1 is 1.22 bits per heavy atom. The fourth-order valence-electron chi connectivity index (χ4n) is 3.85. The molecule has 1 aromatic carbocycles. The van der Waals surface area contributed by atoms with Gasteiger partial charge >= 0.3 is 0 Å². The zero-order valence-electron chi connectivity index (χ0n) is 16.8. The van der Waals surface area contributed by atoms with Gasteiger partial charge in [0.2, 0.25) is 5.91 Å². The summed E-state index contributed by atoms with van der Waals surface area (Å²) in [6.45, 7) is 9.12. The number of benzene rings is 1. The third-order valence-electron chi connectivity index (χ3n) is 5.58. The summed E-state index contributed by atoms with van der Waals surface area (Å²) in [6.07, 6.45) is 3.53. The van der Waals surface area contributed by atoms with Gasteiger partial charge in [0.1, 0.15) is 11.1 Å². The Bertz CT molecular complexity index is 839. The molecule has 1 fully saturated rings. The van der Waals surface area contributed by atoms with Gasteiger partial charge in [-0.25, -0.2) is 0 Å². The molecule has 0 radical (unpaired) electrons. The van der Waals surface area contributed by atoms with Gasteiger partial charge in [-0.15, -0.1) is 0 Å². The highest BCUT2D eigenvalue weighted by Gasteiger charge is 2.44. The lowest BCUT2D eigenvalue weighted by atomic mass is 9.92. The molecule has 1 aliphatic heterocycles. The standard InChI is InChI=1S/C22H30N2O3/c1-15(2)14-23-21(26)22(4)12-8-5-9-13-24(22)20(25)19-16(3)17-10-6-7-11-18(17)27-19/h6-7,10-11,15H,5,8-9,12-14H2,1-4H3,(H,23,26). The SMILES string of the molecule is Cc1c(C(=O)N2CCCCCC2(C)C(=O)NCC(C)C)oc2ccccc12. The summed E-state index contributed by atoms with van der Waals surface area (Å²) >= 11 is 0. The Kier molecular flexibility index (Phi) is 5.59. The maximum atomic E-state index is 13.5. The molecular formula is C22H30N2O3. The van der Waals surface area contributed by atoms with E-state index in [1.807, 2.05) is 38.1 Å². The first-order chi connectivity index (χ1) is 12.8. The summed E-state index contributed by atoms with van der Waals surface area (Å²) in [6, 6.07) is 7.67. The number of likely N-dealkylation sites (tertiary alicyclic amines) is 1. The van der Waals surface area contributed by atoms with Crippen LogP contribution in [0.4, 0.5) is 0 Å². The second-order valence-corrected chi connectivity index (χ2v) is 8.20. The lowest BCUT2D eigenvalue weighted by molar-refractivity contribution is -0.131. The smallest absolute Gasteiger partial charge is 0.290 e. The highest BCUT2D eigenvalue weighted by molar-refractivity contribution is 6.02. The van der Waals surface area contributed by atoms with E-state index in [1.54, 1.807) is 4.90 Å². The van der Waals surface area contributed by atoms with Crippen LogP contribution in [0.5, 0.6) is 0 Å². The number of aryl methyl sites for hydroxylation is 1. The molecule has 0 aliphatic carbocycles. The highest BCUT2D eigenvalue weighted by Crippen LogP contribution is 2.32. The summed E-state index contributed by atoms with van der Waals surface area (Å²) in [7, 11) is 0. The van der Waals surface area contributed by atoms with Crippen LogP contribution in [0.3, 0.4) is 0 Å². The number of amides is 2. The maximum absolute atomic E-state index is 13.5. The van der Waals surface area contributed by atoms with Crippen molar-refractivity contribution in [3.63, 3.8) is 0 Å². The third kappa shape index (κ3) is 3.73. The van der Waals surface area contributed by atoms with Crippen LogP contribution < -0.4 is 5.32 Å². The third-order valence-corrected chi connectivity index (χ3v) is 5.58. The molecule has 2 aromatic rings. The topological polar surface area (TPSA) is 62.6 Å². The molecule has 1 atom stereocenters. The second kappa shape index (κ2) is 7.75. The molecule has 27 heavy (non-hydrogen) atoms. The van der Waals surface area contributed by atoms with Crippen LogP contribution in [0.15, 0.2) is 28.7 Å². The zero-order chi connectivity index (χ0) is 19.6. The molecule has 0 bridgehead atoms. The van der Waals surface area contributed by atoms with E-state index < -0.39 is 5.54 Å². The fourth-order valence-corrected chi connectivity index (χ4v) is 3.85. The first kappa shape index (κ1) is 19.5. The van der Waals surface area contributed by atoms with Gasteiger partial charge in [-0.2, -0.15) is 0 Å². The van der Waals surface area contributed by atoms with Crippen molar-refractivity contribution in [1.82, 2.24) is 10.2 Å². The number of nitrogens with one attached hydrogen (secondary N) is 1. The Hall–Kier alpha value is -2.30. The lowest BCUT2D eigenvalue weighted by Gasteiger charge is -2.38.